The molecule has 0 aliphatic carbocycles. The van der Waals surface area contributed by atoms with E-state index in [4.69, 9.17) is 10.3 Å². The van der Waals surface area contributed by atoms with Crippen LogP contribution >= 0.6 is 0 Å². The molecule has 1 aromatic carbocycles. The van der Waals surface area contributed by atoms with Crippen LogP contribution in [0.4, 0.5) is 4.39 Å². The van der Waals surface area contributed by atoms with Gasteiger partial charge in [0.25, 0.3) is 0 Å². The number of furan rings is 1. The van der Waals surface area contributed by atoms with E-state index in [-0.39, 0.29) is 11.9 Å². The number of hydrazine groups is 1. The van der Waals surface area contributed by atoms with E-state index in [2.05, 4.69) is 5.43 Å². The van der Waals surface area contributed by atoms with Crippen LogP contribution in [0.25, 0.3) is 0 Å². The number of rotatable bonds is 3. The lowest BCUT2D eigenvalue weighted by molar-refractivity contribution is 0.525. The third kappa shape index (κ3) is 2.38. The fourth-order valence-electron chi connectivity index (χ4n) is 1.79. The Morgan fingerprint density at radius 1 is 1.24 bits per heavy atom. The molecular weight excluding hydrogens is 219 g/mol. The number of nitrogens with two attached hydrogens (primary N) is 1. The Bertz CT molecular complexity index is 522. The second kappa shape index (κ2) is 4.69. The van der Waals surface area contributed by atoms with Gasteiger partial charge in [-0.3, -0.25) is 5.84 Å². The zero-order valence-electron chi connectivity index (χ0n) is 9.83. The minimum absolute atomic E-state index is 0.233. The van der Waals surface area contributed by atoms with E-state index < -0.39 is 0 Å². The lowest BCUT2D eigenvalue weighted by Gasteiger charge is -2.15. The van der Waals surface area contributed by atoms with Crippen molar-refractivity contribution in [3.63, 3.8) is 0 Å². The van der Waals surface area contributed by atoms with E-state index in [0.29, 0.717) is 5.56 Å². The first-order chi connectivity index (χ1) is 8.11. The van der Waals surface area contributed by atoms with E-state index in [1.165, 1.54) is 6.07 Å². The highest BCUT2D eigenvalue weighted by Gasteiger charge is 2.15. The highest BCUT2D eigenvalue weighted by molar-refractivity contribution is 5.33. The molecule has 17 heavy (non-hydrogen) atoms. The van der Waals surface area contributed by atoms with Gasteiger partial charge in [-0.2, -0.15) is 0 Å². The second-order valence-electron chi connectivity index (χ2n) is 4.10. The molecule has 3 N–H and O–H groups in total. The molecule has 1 atom stereocenters. The van der Waals surface area contributed by atoms with Crippen molar-refractivity contribution in [3.8, 4) is 0 Å². The molecule has 1 aromatic heterocycles. The van der Waals surface area contributed by atoms with E-state index >= 15 is 0 Å². The number of halogens is 1. The molecular formula is C13H15FN2O. The zero-order chi connectivity index (χ0) is 12.4. The van der Waals surface area contributed by atoms with Gasteiger partial charge in [-0.15, -0.1) is 0 Å². The zero-order valence-corrected chi connectivity index (χ0v) is 9.83. The molecule has 0 bridgehead atoms. The Balaban J connectivity index is 2.38. The van der Waals surface area contributed by atoms with E-state index in [1.54, 1.807) is 19.3 Å². The van der Waals surface area contributed by atoms with Crippen LogP contribution in [0.2, 0.25) is 0 Å². The number of aryl methyl sites for hydroxylation is 2. The second-order valence-corrected chi connectivity index (χ2v) is 4.10. The first-order valence-corrected chi connectivity index (χ1v) is 5.39. The summed E-state index contributed by atoms with van der Waals surface area (Å²) in [6.07, 6.45) is 1.62. The lowest BCUT2D eigenvalue weighted by Crippen LogP contribution is -2.28. The minimum atomic E-state index is -0.262. The third-order valence-corrected chi connectivity index (χ3v) is 2.78. The van der Waals surface area contributed by atoms with Gasteiger partial charge in [0.15, 0.2) is 0 Å². The van der Waals surface area contributed by atoms with Crippen molar-refractivity contribution in [1.82, 2.24) is 5.43 Å². The summed E-state index contributed by atoms with van der Waals surface area (Å²) in [5, 5.41) is 0. The molecule has 2 rings (SSSR count). The van der Waals surface area contributed by atoms with Crippen LogP contribution in [0, 0.1) is 19.7 Å². The summed E-state index contributed by atoms with van der Waals surface area (Å²) in [6, 6.07) is 6.69. The number of hydrogen-bond donors (Lipinski definition) is 2. The van der Waals surface area contributed by atoms with Crippen LogP contribution < -0.4 is 11.3 Å². The molecule has 0 aliphatic heterocycles. The Kier molecular flexibility index (Phi) is 3.26. The molecule has 1 heterocycles. The smallest absolute Gasteiger partial charge is 0.126 e. The topological polar surface area (TPSA) is 51.2 Å². The van der Waals surface area contributed by atoms with Crippen LogP contribution in [0.5, 0.6) is 0 Å². The Labute approximate surface area is 99.4 Å². The van der Waals surface area contributed by atoms with Crippen molar-refractivity contribution in [2.45, 2.75) is 19.9 Å². The van der Waals surface area contributed by atoms with Crippen LogP contribution in [-0.4, -0.2) is 0 Å². The molecule has 1 unspecified atom stereocenters. The molecule has 0 amide bonds. The van der Waals surface area contributed by atoms with Crippen molar-refractivity contribution in [2.75, 3.05) is 0 Å². The van der Waals surface area contributed by atoms with Crippen LogP contribution in [-0.2, 0) is 0 Å². The van der Waals surface area contributed by atoms with Crippen LogP contribution in [0.1, 0.15) is 28.5 Å². The quantitative estimate of drug-likeness (QED) is 0.634. The summed E-state index contributed by atoms with van der Waals surface area (Å²) in [4.78, 5) is 0. The molecule has 0 fully saturated rings. The predicted molar refractivity (Wildman–Crippen MR) is 63.7 cm³/mol. The molecule has 90 valence electrons. The molecule has 0 saturated heterocycles. The van der Waals surface area contributed by atoms with E-state index in [0.717, 1.165) is 16.9 Å². The first kappa shape index (κ1) is 11.8. The minimum Gasteiger partial charge on any atom is -0.469 e. The van der Waals surface area contributed by atoms with Crippen molar-refractivity contribution >= 4 is 0 Å². The first-order valence-electron chi connectivity index (χ1n) is 5.39. The summed E-state index contributed by atoms with van der Waals surface area (Å²) >= 11 is 0. The fourth-order valence-corrected chi connectivity index (χ4v) is 1.79. The average molecular weight is 234 g/mol. The summed E-state index contributed by atoms with van der Waals surface area (Å²) in [6.45, 7) is 3.58. The van der Waals surface area contributed by atoms with Crippen molar-refractivity contribution < 1.29 is 8.81 Å². The van der Waals surface area contributed by atoms with Gasteiger partial charge < -0.3 is 4.42 Å². The third-order valence-electron chi connectivity index (χ3n) is 2.78. The summed E-state index contributed by atoms with van der Waals surface area (Å²) < 4.78 is 18.7. The van der Waals surface area contributed by atoms with Crippen molar-refractivity contribution in [1.29, 1.82) is 0 Å². The molecule has 0 radical (unpaired) electrons. The maximum Gasteiger partial charge on any atom is 0.126 e. The van der Waals surface area contributed by atoms with Gasteiger partial charge >= 0.3 is 0 Å². The number of nitrogens with one attached hydrogen (secondary N) is 1. The fraction of sp³-hybridized carbons (Fsp3) is 0.231. The van der Waals surface area contributed by atoms with Gasteiger partial charge in [-0.1, -0.05) is 12.1 Å². The highest BCUT2D eigenvalue weighted by Crippen LogP contribution is 2.24. The van der Waals surface area contributed by atoms with Gasteiger partial charge in [-0.05, 0) is 37.1 Å². The molecule has 0 saturated carbocycles. The van der Waals surface area contributed by atoms with Crippen molar-refractivity contribution in [2.24, 2.45) is 5.84 Å². The Hall–Kier alpha value is -1.65. The number of hydrogen-bond acceptors (Lipinski definition) is 3. The summed E-state index contributed by atoms with van der Waals surface area (Å²) in [7, 11) is 0. The van der Waals surface area contributed by atoms with Gasteiger partial charge in [0.2, 0.25) is 0 Å². The van der Waals surface area contributed by atoms with Gasteiger partial charge in [0, 0.05) is 5.56 Å². The van der Waals surface area contributed by atoms with Crippen molar-refractivity contribution in [3.05, 3.63) is 58.8 Å². The monoisotopic (exact) mass is 234 g/mol. The Morgan fingerprint density at radius 3 is 2.53 bits per heavy atom. The molecule has 2 aromatic rings. The molecule has 0 spiro atoms. The average Bonchev–Trinajstić information content (AvgIpc) is 2.71. The number of benzene rings is 1. The van der Waals surface area contributed by atoms with Gasteiger partial charge in [-0.25, -0.2) is 9.82 Å². The summed E-state index contributed by atoms with van der Waals surface area (Å²) in [5.74, 6) is 6.09. The predicted octanol–water partition coefficient (Wildman–Crippen LogP) is 2.59. The maximum atomic E-state index is 13.5. The van der Waals surface area contributed by atoms with Crippen LogP contribution in [0.15, 0.2) is 34.9 Å². The molecule has 0 aliphatic rings. The van der Waals surface area contributed by atoms with Crippen LogP contribution in [0.3, 0.4) is 0 Å². The van der Waals surface area contributed by atoms with Gasteiger partial charge in [0.1, 0.15) is 11.6 Å². The summed E-state index contributed by atoms with van der Waals surface area (Å²) in [5.41, 5.74) is 4.94. The Morgan fingerprint density at radius 2 is 2.00 bits per heavy atom. The highest BCUT2D eigenvalue weighted by atomic mass is 19.1. The van der Waals surface area contributed by atoms with Gasteiger partial charge in [0.05, 0.1) is 12.3 Å². The van der Waals surface area contributed by atoms with E-state index in [1.807, 2.05) is 19.1 Å². The maximum absolute atomic E-state index is 13.5. The molecule has 4 heteroatoms. The SMILES string of the molecule is Cc1cc(C(NN)c2ccc(C)c(F)c2)co1. The lowest BCUT2D eigenvalue weighted by atomic mass is 10.0. The van der Waals surface area contributed by atoms with E-state index in [9.17, 15) is 4.39 Å². The molecule has 3 nitrogen and oxygen atoms in total. The standard InChI is InChI=1S/C13H15FN2O/c1-8-3-4-10(6-12(8)14)13(16-15)11-5-9(2)17-7-11/h3-7,13,16H,15H2,1-2H3. The normalized spacial score (nSPS) is 12.7. The largest absolute Gasteiger partial charge is 0.469 e.